The summed E-state index contributed by atoms with van der Waals surface area (Å²) < 4.78 is 0. The number of nitrogens with one attached hydrogen (secondary N) is 2. The summed E-state index contributed by atoms with van der Waals surface area (Å²) in [6, 6.07) is 5.55. The van der Waals surface area contributed by atoms with Crippen molar-refractivity contribution in [2.24, 2.45) is 0 Å². The van der Waals surface area contributed by atoms with Gasteiger partial charge in [0.1, 0.15) is 0 Å². The van der Waals surface area contributed by atoms with Crippen molar-refractivity contribution < 1.29 is 0 Å². The molecule has 1 aromatic heterocycles. The molecule has 1 heterocycles. The number of aromatic amines is 1. The van der Waals surface area contributed by atoms with Gasteiger partial charge >= 0.3 is 0 Å². The van der Waals surface area contributed by atoms with Gasteiger partial charge in [-0.15, -0.1) is 0 Å². The molecule has 0 spiro atoms. The fourth-order valence-corrected chi connectivity index (χ4v) is 1.45. The Morgan fingerprint density at radius 1 is 1.25 bits per heavy atom. The molecule has 0 saturated carbocycles. The SMILES string of the molecule is Nc1ccc(NCCc2cnc[nH]2)cc1N. The molecule has 2 aromatic rings. The highest BCUT2D eigenvalue weighted by Gasteiger charge is 1.97. The van der Waals surface area contributed by atoms with E-state index >= 15 is 0 Å². The van der Waals surface area contributed by atoms with Gasteiger partial charge in [-0.05, 0) is 18.2 Å². The van der Waals surface area contributed by atoms with Crippen LogP contribution in [0.4, 0.5) is 17.1 Å². The van der Waals surface area contributed by atoms with Crippen LogP contribution in [-0.4, -0.2) is 16.5 Å². The molecule has 0 amide bonds. The van der Waals surface area contributed by atoms with Gasteiger partial charge in [-0.25, -0.2) is 4.98 Å². The largest absolute Gasteiger partial charge is 0.397 e. The maximum absolute atomic E-state index is 5.71. The molecule has 0 aliphatic rings. The Bertz CT molecular complexity index is 449. The Morgan fingerprint density at radius 2 is 2.12 bits per heavy atom. The number of nitrogens with two attached hydrogens (primary N) is 2. The Hall–Kier alpha value is -2.17. The fraction of sp³-hybridized carbons (Fsp3) is 0.182. The van der Waals surface area contributed by atoms with E-state index in [4.69, 9.17) is 11.5 Å². The Kier molecular flexibility index (Phi) is 2.95. The van der Waals surface area contributed by atoms with Crippen molar-refractivity contribution in [2.75, 3.05) is 23.3 Å². The zero-order valence-electron chi connectivity index (χ0n) is 8.90. The summed E-state index contributed by atoms with van der Waals surface area (Å²) in [5, 5.41) is 3.27. The summed E-state index contributed by atoms with van der Waals surface area (Å²) in [5.41, 5.74) is 14.6. The molecule has 0 radical (unpaired) electrons. The molecule has 0 bridgehead atoms. The van der Waals surface area contributed by atoms with Crippen LogP contribution in [-0.2, 0) is 6.42 Å². The first-order valence-corrected chi connectivity index (χ1v) is 5.12. The van der Waals surface area contributed by atoms with E-state index in [1.54, 1.807) is 12.4 Å². The van der Waals surface area contributed by atoms with Crippen LogP contribution in [0.3, 0.4) is 0 Å². The van der Waals surface area contributed by atoms with E-state index in [1.165, 1.54) is 0 Å². The molecule has 0 fully saturated rings. The quantitative estimate of drug-likeness (QED) is 0.579. The maximum atomic E-state index is 5.71. The normalized spacial score (nSPS) is 10.2. The predicted octanol–water partition coefficient (Wildman–Crippen LogP) is 1.23. The second-order valence-corrected chi connectivity index (χ2v) is 3.60. The number of benzene rings is 1. The first-order valence-electron chi connectivity index (χ1n) is 5.12. The third kappa shape index (κ3) is 2.44. The number of hydrogen-bond acceptors (Lipinski definition) is 4. The number of imidazole rings is 1. The average molecular weight is 217 g/mol. The number of anilines is 3. The first kappa shape index (κ1) is 10.4. The van der Waals surface area contributed by atoms with E-state index in [-0.39, 0.29) is 0 Å². The van der Waals surface area contributed by atoms with Gasteiger partial charge in [0.25, 0.3) is 0 Å². The summed E-state index contributed by atoms with van der Waals surface area (Å²) in [5.74, 6) is 0. The highest BCUT2D eigenvalue weighted by Crippen LogP contribution is 2.19. The van der Waals surface area contributed by atoms with Crippen molar-refractivity contribution in [3.8, 4) is 0 Å². The average Bonchev–Trinajstić information content (AvgIpc) is 2.76. The standard InChI is InChI=1S/C11H15N5/c12-10-2-1-8(5-11(10)13)15-4-3-9-6-14-7-16-9/h1-2,5-7,15H,3-4,12-13H2,(H,14,16). The lowest BCUT2D eigenvalue weighted by Crippen LogP contribution is -2.05. The van der Waals surface area contributed by atoms with E-state index in [1.807, 2.05) is 18.3 Å². The van der Waals surface area contributed by atoms with Gasteiger partial charge in [0.05, 0.1) is 17.7 Å². The number of rotatable bonds is 4. The van der Waals surface area contributed by atoms with Gasteiger partial charge in [-0.2, -0.15) is 0 Å². The minimum absolute atomic E-state index is 0.603. The van der Waals surface area contributed by atoms with Crippen LogP contribution in [0.1, 0.15) is 5.69 Å². The van der Waals surface area contributed by atoms with Crippen molar-refractivity contribution in [3.05, 3.63) is 36.4 Å². The van der Waals surface area contributed by atoms with E-state index in [9.17, 15) is 0 Å². The van der Waals surface area contributed by atoms with Crippen molar-refractivity contribution in [3.63, 3.8) is 0 Å². The number of aromatic nitrogens is 2. The minimum Gasteiger partial charge on any atom is -0.397 e. The van der Waals surface area contributed by atoms with Gasteiger partial charge in [-0.1, -0.05) is 0 Å². The van der Waals surface area contributed by atoms with Crippen molar-refractivity contribution in [1.29, 1.82) is 0 Å². The Labute approximate surface area is 93.9 Å². The first-order chi connectivity index (χ1) is 7.75. The van der Waals surface area contributed by atoms with Crippen molar-refractivity contribution in [1.82, 2.24) is 9.97 Å². The summed E-state index contributed by atoms with van der Waals surface area (Å²) in [7, 11) is 0. The molecular weight excluding hydrogens is 202 g/mol. The smallest absolute Gasteiger partial charge is 0.0921 e. The molecule has 5 heteroatoms. The molecular formula is C11H15N5. The predicted molar refractivity (Wildman–Crippen MR) is 66.0 cm³/mol. The van der Waals surface area contributed by atoms with Crippen LogP contribution in [0, 0.1) is 0 Å². The zero-order chi connectivity index (χ0) is 11.4. The molecule has 0 aliphatic carbocycles. The Morgan fingerprint density at radius 3 is 2.81 bits per heavy atom. The molecule has 2 rings (SSSR count). The van der Waals surface area contributed by atoms with Crippen molar-refractivity contribution >= 4 is 17.1 Å². The van der Waals surface area contributed by atoms with Crippen LogP contribution in [0.5, 0.6) is 0 Å². The summed E-state index contributed by atoms with van der Waals surface area (Å²) in [4.78, 5) is 7.00. The monoisotopic (exact) mass is 217 g/mol. The number of H-pyrrole nitrogens is 1. The van der Waals surface area contributed by atoms with E-state index in [0.29, 0.717) is 11.4 Å². The van der Waals surface area contributed by atoms with Crippen LogP contribution in [0.2, 0.25) is 0 Å². The maximum Gasteiger partial charge on any atom is 0.0921 e. The van der Waals surface area contributed by atoms with E-state index in [0.717, 1.165) is 24.3 Å². The van der Waals surface area contributed by atoms with Crippen LogP contribution in [0.25, 0.3) is 0 Å². The molecule has 6 N–H and O–H groups in total. The lowest BCUT2D eigenvalue weighted by Gasteiger charge is -2.07. The number of hydrogen-bond donors (Lipinski definition) is 4. The van der Waals surface area contributed by atoms with Crippen molar-refractivity contribution in [2.45, 2.75) is 6.42 Å². The second kappa shape index (κ2) is 4.57. The van der Waals surface area contributed by atoms with Crippen LogP contribution < -0.4 is 16.8 Å². The van der Waals surface area contributed by atoms with Crippen LogP contribution in [0.15, 0.2) is 30.7 Å². The van der Waals surface area contributed by atoms with Crippen LogP contribution >= 0.6 is 0 Å². The summed E-state index contributed by atoms with van der Waals surface area (Å²) in [6.07, 6.45) is 4.39. The summed E-state index contributed by atoms with van der Waals surface area (Å²) in [6.45, 7) is 0.825. The molecule has 84 valence electrons. The molecule has 0 unspecified atom stereocenters. The molecule has 1 aromatic carbocycles. The molecule has 0 saturated heterocycles. The van der Waals surface area contributed by atoms with Gasteiger partial charge in [-0.3, -0.25) is 0 Å². The van der Waals surface area contributed by atoms with E-state index < -0.39 is 0 Å². The van der Waals surface area contributed by atoms with Gasteiger partial charge < -0.3 is 21.8 Å². The lowest BCUT2D eigenvalue weighted by atomic mass is 10.2. The fourth-order valence-electron chi connectivity index (χ4n) is 1.45. The Balaban J connectivity index is 1.87. The summed E-state index contributed by atoms with van der Waals surface area (Å²) >= 11 is 0. The molecule has 16 heavy (non-hydrogen) atoms. The highest BCUT2D eigenvalue weighted by atomic mass is 14.9. The minimum atomic E-state index is 0.603. The highest BCUT2D eigenvalue weighted by molar-refractivity contribution is 5.69. The third-order valence-corrected chi connectivity index (χ3v) is 2.37. The number of nitrogens with zero attached hydrogens (tertiary/aromatic N) is 1. The van der Waals surface area contributed by atoms with E-state index in [2.05, 4.69) is 15.3 Å². The molecule has 5 nitrogen and oxygen atoms in total. The van der Waals surface area contributed by atoms with Gasteiger partial charge in [0.2, 0.25) is 0 Å². The lowest BCUT2D eigenvalue weighted by molar-refractivity contribution is 0.977. The molecule has 0 atom stereocenters. The van der Waals surface area contributed by atoms with Gasteiger partial charge in [0.15, 0.2) is 0 Å². The molecule has 0 aliphatic heterocycles. The topological polar surface area (TPSA) is 92.7 Å². The third-order valence-electron chi connectivity index (χ3n) is 2.37. The number of nitrogen functional groups attached to an aromatic ring is 2. The zero-order valence-corrected chi connectivity index (χ0v) is 8.90. The second-order valence-electron chi connectivity index (χ2n) is 3.60. The van der Waals surface area contributed by atoms with Gasteiger partial charge in [0, 0.05) is 30.5 Å².